The van der Waals surface area contributed by atoms with Crippen LogP contribution in [0.4, 0.5) is 5.69 Å². The first-order valence-corrected chi connectivity index (χ1v) is 8.89. The molecular weight excluding hydrogens is 376 g/mol. The molecule has 0 spiro atoms. The third-order valence-electron chi connectivity index (χ3n) is 3.26. The third kappa shape index (κ3) is 6.09. The quantitative estimate of drug-likeness (QED) is 0.557. The van der Waals surface area contributed by atoms with E-state index in [4.69, 9.17) is 22.1 Å². The molecule has 8 heteroatoms. The normalized spacial score (nSPS) is 11.5. The number of anilines is 1. The molecule has 0 bridgehead atoms. The summed E-state index contributed by atoms with van der Waals surface area (Å²) in [4.78, 5) is 35.7. The summed E-state index contributed by atoms with van der Waals surface area (Å²) >= 11 is 7.13. The molecule has 0 saturated heterocycles. The number of hydrogen-bond donors (Lipinski definition) is 2. The molecule has 0 heterocycles. The number of carbonyl (C=O) groups is 3. The number of nitrogens with one attached hydrogen (secondary N) is 1. The van der Waals surface area contributed by atoms with Crippen LogP contribution in [0.3, 0.4) is 0 Å². The summed E-state index contributed by atoms with van der Waals surface area (Å²) in [5.41, 5.74) is 5.95. The summed E-state index contributed by atoms with van der Waals surface area (Å²) in [6.07, 6.45) is 0. The Morgan fingerprint density at radius 3 is 2.31 bits per heavy atom. The number of thioether (sulfide) groups is 1. The van der Waals surface area contributed by atoms with Gasteiger partial charge in [0.15, 0.2) is 6.61 Å². The smallest absolute Gasteiger partial charge is 0.319 e. The lowest BCUT2D eigenvalue weighted by Gasteiger charge is -2.11. The highest BCUT2D eigenvalue weighted by molar-refractivity contribution is 8.00. The van der Waals surface area contributed by atoms with Gasteiger partial charge in [0.1, 0.15) is 5.25 Å². The molecule has 3 N–H and O–H groups in total. The summed E-state index contributed by atoms with van der Waals surface area (Å²) in [5.74, 6) is -1.53. The van der Waals surface area contributed by atoms with Gasteiger partial charge in [0.05, 0.1) is 0 Å². The molecule has 0 aliphatic heterocycles. The van der Waals surface area contributed by atoms with E-state index >= 15 is 0 Å². The second-order valence-corrected chi connectivity index (χ2v) is 7.16. The van der Waals surface area contributed by atoms with Gasteiger partial charge in [-0.05, 0) is 55.5 Å². The Hall–Kier alpha value is -2.51. The van der Waals surface area contributed by atoms with Crippen molar-refractivity contribution in [3.63, 3.8) is 0 Å². The maximum absolute atomic E-state index is 12.0. The molecule has 0 aliphatic carbocycles. The zero-order valence-corrected chi connectivity index (χ0v) is 15.5. The minimum Gasteiger partial charge on any atom is -0.455 e. The van der Waals surface area contributed by atoms with Gasteiger partial charge in [-0.15, -0.1) is 11.8 Å². The number of halogens is 1. The molecule has 0 saturated carbocycles. The average molecular weight is 393 g/mol. The molecule has 6 nitrogen and oxygen atoms in total. The van der Waals surface area contributed by atoms with Gasteiger partial charge < -0.3 is 15.8 Å². The Morgan fingerprint density at radius 1 is 1.12 bits per heavy atom. The van der Waals surface area contributed by atoms with E-state index in [9.17, 15) is 14.4 Å². The minimum atomic E-state index is -0.552. The number of amides is 2. The van der Waals surface area contributed by atoms with Crippen molar-refractivity contribution < 1.29 is 19.1 Å². The number of rotatable bonds is 7. The molecule has 1 atom stereocenters. The molecule has 0 radical (unpaired) electrons. The predicted molar refractivity (Wildman–Crippen MR) is 101 cm³/mol. The predicted octanol–water partition coefficient (Wildman–Crippen LogP) is 3.10. The minimum absolute atomic E-state index is 0.336. The van der Waals surface area contributed by atoms with E-state index < -0.39 is 29.6 Å². The summed E-state index contributed by atoms with van der Waals surface area (Å²) in [6.45, 7) is 1.30. The van der Waals surface area contributed by atoms with Crippen molar-refractivity contribution in [1.82, 2.24) is 0 Å². The Bertz CT molecular complexity index is 794. The fraction of sp³-hybridized carbons (Fsp3) is 0.167. The molecule has 2 rings (SSSR count). The lowest BCUT2D eigenvalue weighted by atomic mass is 10.2. The van der Waals surface area contributed by atoms with E-state index in [1.165, 1.54) is 23.9 Å². The summed E-state index contributed by atoms with van der Waals surface area (Å²) < 4.78 is 5.02. The maximum Gasteiger partial charge on any atom is 0.319 e. The first-order valence-electron chi connectivity index (χ1n) is 7.63. The van der Waals surface area contributed by atoms with Crippen LogP contribution in [0.15, 0.2) is 53.4 Å². The average Bonchev–Trinajstić information content (AvgIpc) is 2.62. The van der Waals surface area contributed by atoms with Crippen LogP contribution in [-0.4, -0.2) is 29.6 Å². The maximum atomic E-state index is 12.0. The fourth-order valence-electron chi connectivity index (χ4n) is 1.93. The zero-order valence-electron chi connectivity index (χ0n) is 13.9. The first-order chi connectivity index (χ1) is 12.3. The van der Waals surface area contributed by atoms with Crippen LogP contribution in [0.5, 0.6) is 0 Å². The number of hydrogen-bond acceptors (Lipinski definition) is 5. The summed E-state index contributed by atoms with van der Waals surface area (Å²) in [5, 5.41) is 2.71. The van der Waals surface area contributed by atoms with Crippen LogP contribution in [0.25, 0.3) is 0 Å². The molecule has 2 aromatic rings. The topological polar surface area (TPSA) is 98.5 Å². The molecule has 2 amide bonds. The van der Waals surface area contributed by atoms with E-state index in [1.807, 2.05) is 0 Å². The van der Waals surface area contributed by atoms with Crippen molar-refractivity contribution in [2.45, 2.75) is 17.1 Å². The Kier molecular flexibility index (Phi) is 7.06. The van der Waals surface area contributed by atoms with Gasteiger partial charge in [-0.25, -0.2) is 0 Å². The van der Waals surface area contributed by atoms with Crippen molar-refractivity contribution in [2.75, 3.05) is 11.9 Å². The van der Waals surface area contributed by atoms with Crippen LogP contribution in [-0.2, 0) is 14.3 Å². The van der Waals surface area contributed by atoms with Gasteiger partial charge in [0.2, 0.25) is 5.91 Å². The van der Waals surface area contributed by atoms with E-state index in [1.54, 1.807) is 43.3 Å². The van der Waals surface area contributed by atoms with Crippen molar-refractivity contribution in [3.8, 4) is 0 Å². The van der Waals surface area contributed by atoms with Crippen LogP contribution in [0.1, 0.15) is 17.3 Å². The van der Waals surface area contributed by atoms with Crippen LogP contribution >= 0.6 is 23.4 Å². The molecular formula is C18H17ClN2O4S. The van der Waals surface area contributed by atoms with Gasteiger partial charge in [0, 0.05) is 21.2 Å². The molecule has 0 fully saturated rings. The monoisotopic (exact) mass is 392 g/mol. The fourth-order valence-corrected chi connectivity index (χ4v) is 2.93. The van der Waals surface area contributed by atoms with Gasteiger partial charge in [-0.2, -0.15) is 0 Å². The number of carbonyl (C=O) groups excluding carboxylic acids is 3. The second kappa shape index (κ2) is 9.26. The lowest BCUT2D eigenvalue weighted by Crippen LogP contribution is -2.24. The molecule has 136 valence electrons. The first kappa shape index (κ1) is 19.8. The van der Waals surface area contributed by atoms with Crippen LogP contribution in [0, 0.1) is 0 Å². The Balaban J connectivity index is 1.79. The largest absolute Gasteiger partial charge is 0.455 e. The molecule has 0 aliphatic rings. The van der Waals surface area contributed by atoms with Gasteiger partial charge >= 0.3 is 5.97 Å². The Morgan fingerprint density at radius 2 is 1.73 bits per heavy atom. The number of ether oxygens (including phenoxy) is 1. The van der Waals surface area contributed by atoms with Crippen molar-refractivity contribution in [2.24, 2.45) is 5.73 Å². The van der Waals surface area contributed by atoms with Crippen molar-refractivity contribution >= 4 is 46.8 Å². The highest BCUT2D eigenvalue weighted by Crippen LogP contribution is 2.25. The summed E-state index contributed by atoms with van der Waals surface area (Å²) in [6, 6.07) is 13.2. The SMILES string of the molecule is C[C@@H](Sc1ccc(Cl)cc1)C(=O)OCC(=O)Nc1ccc(C(N)=O)cc1. The molecule has 0 aromatic heterocycles. The third-order valence-corrected chi connectivity index (χ3v) is 4.60. The zero-order chi connectivity index (χ0) is 19.1. The van der Waals surface area contributed by atoms with Gasteiger partial charge in [-0.1, -0.05) is 11.6 Å². The summed E-state index contributed by atoms with van der Waals surface area (Å²) in [7, 11) is 0. The van der Waals surface area contributed by atoms with Crippen LogP contribution in [0.2, 0.25) is 5.02 Å². The van der Waals surface area contributed by atoms with Crippen molar-refractivity contribution in [3.05, 3.63) is 59.1 Å². The van der Waals surface area contributed by atoms with E-state index in [2.05, 4.69) is 5.32 Å². The van der Waals surface area contributed by atoms with E-state index in [0.717, 1.165) is 4.90 Å². The number of esters is 1. The highest BCUT2D eigenvalue weighted by Gasteiger charge is 2.17. The molecule has 0 unspecified atom stereocenters. The number of primary amides is 1. The molecule has 2 aromatic carbocycles. The van der Waals surface area contributed by atoms with E-state index in [-0.39, 0.29) is 0 Å². The second-order valence-electron chi connectivity index (χ2n) is 5.31. The lowest BCUT2D eigenvalue weighted by molar-refractivity contribution is -0.146. The standard InChI is InChI=1S/C18H17ClN2O4S/c1-11(26-15-8-4-13(19)5-9-15)18(24)25-10-16(22)21-14-6-2-12(3-7-14)17(20)23/h2-9,11H,10H2,1H3,(H2,20,23)(H,21,22)/t11-/m1/s1. The van der Waals surface area contributed by atoms with E-state index in [0.29, 0.717) is 16.3 Å². The molecule has 26 heavy (non-hydrogen) atoms. The van der Waals surface area contributed by atoms with Crippen molar-refractivity contribution in [1.29, 1.82) is 0 Å². The van der Waals surface area contributed by atoms with Gasteiger partial charge in [0.25, 0.3) is 5.91 Å². The highest BCUT2D eigenvalue weighted by atomic mass is 35.5. The number of benzene rings is 2. The Labute approximate surface area is 160 Å². The number of nitrogens with two attached hydrogens (primary N) is 1. The van der Waals surface area contributed by atoms with Crippen LogP contribution < -0.4 is 11.1 Å². The van der Waals surface area contributed by atoms with Gasteiger partial charge in [-0.3, -0.25) is 14.4 Å².